The highest BCUT2D eigenvalue weighted by atomic mass is 32.2. The van der Waals surface area contributed by atoms with Gasteiger partial charge in [-0.05, 0) is 42.0 Å². The maximum atomic E-state index is 12.1. The molecule has 2 amide bonds. The Labute approximate surface area is 126 Å². The van der Waals surface area contributed by atoms with E-state index < -0.39 is 5.97 Å². The number of amides is 2. The van der Waals surface area contributed by atoms with Gasteiger partial charge in [0.1, 0.15) is 0 Å². The van der Waals surface area contributed by atoms with E-state index in [1.54, 1.807) is 18.2 Å². The molecule has 0 bridgehead atoms. The van der Waals surface area contributed by atoms with E-state index in [1.165, 1.54) is 17.0 Å². The summed E-state index contributed by atoms with van der Waals surface area (Å²) in [5.74, 6) is -1.28. The number of carboxylic acid groups (broad SMARTS) is 1. The fraction of sp³-hybridized carbons (Fsp3) is 0.267. The standard InChI is InChI=1S/C15H15NO4S/c1-2-3-8-16-13(17)12(21-15(16)20)9-10-4-6-11(7-5-10)14(18)19/h4-7,9H,2-3,8H2,1H3,(H,18,19)/b12-9-. The van der Waals surface area contributed by atoms with Gasteiger partial charge in [0.05, 0.1) is 10.5 Å². The lowest BCUT2D eigenvalue weighted by Gasteiger charge is -2.10. The number of imide groups is 1. The first-order valence-corrected chi connectivity index (χ1v) is 7.43. The quantitative estimate of drug-likeness (QED) is 0.845. The lowest BCUT2D eigenvalue weighted by Crippen LogP contribution is -2.29. The van der Waals surface area contributed by atoms with Gasteiger partial charge in [0.25, 0.3) is 11.1 Å². The Hall–Kier alpha value is -2.08. The average molecular weight is 305 g/mol. The zero-order chi connectivity index (χ0) is 15.4. The minimum Gasteiger partial charge on any atom is -0.478 e. The monoisotopic (exact) mass is 305 g/mol. The number of rotatable bonds is 5. The maximum absolute atomic E-state index is 12.1. The van der Waals surface area contributed by atoms with Crippen molar-refractivity contribution >= 4 is 35.0 Å². The van der Waals surface area contributed by atoms with Crippen molar-refractivity contribution in [1.29, 1.82) is 0 Å². The number of nitrogens with zero attached hydrogens (tertiary/aromatic N) is 1. The summed E-state index contributed by atoms with van der Waals surface area (Å²) in [5.41, 5.74) is 0.879. The van der Waals surface area contributed by atoms with Gasteiger partial charge >= 0.3 is 5.97 Å². The van der Waals surface area contributed by atoms with E-state index >= 15 is 0 Å². The van der Waals surface area contributed by atoms with Crippen LogP contribution in [0.25, 0.3) is 6.08 Å². The van der Waals surface area contributed by atoms with Crippen molar-refractivity contribution in [2.24, 2.45) is 0 Å². The molecular weight excluding hydrogens is 290 g/mol. The summed E-state index contributed by atoms with van der Waals surface area (Å²) in [6.07, 6.45) is 3.32. The van der Waals surface area contributed by atoms with Crippen LogP contribution in [0.4, 0.5) is 4.79 Å². The second-order valence-corrected chi connectivity index (χ2v) is 5.61. The highest BCUT2D eigenvalue weighted by molar-refractivity contribution is 8.18. The van der Waals surface area contributed by atoms with Crippen LogP contribution in [-0.2, 0) is 4.79 Å². The minimum absolute atomic E-state index is 0.184. The number of thioether (sulfide) groups is 1. The van der Waals surface area contributed by atoms with Crippen LogP contribution in [0.3, 0.4) is 0 Å². The Bertz CT molecular complexity index is 607. The molecule has 0 atom stereocenters. The van der Waals surface area contributed by atoms with Crippen LogP contribution in [0.5, 0.6) is 0 Å². The predicted molar refractivity (Wildman–Crippen MR) is 81.0 cm³/mol. The molecule has 0 unspecified atom stereocenters. The molecule has 1 aromatic rings. The minimum atomic E-state index is -0.999. The van der Waals surface area contributed by atoms with Crippen molar-refractivity contribution in [1.82, 2.24) is 4.90 Å². The van der Waals surface area contributed by atoms with Crippen molar-refractivity contribution in [3.05, 3.63) is 40.3 Å². The summed E-state index contributed by atoms with van der Waals surface area (Å²) in [6, 6.07) is 6.16. The van der Waals surface area contributed by atoms with Crippen molar-refractivity contribution in [3.8, 4) is 0 Å². The Kier molecular flexibility index (Phi) is 4.80. The molecule has 0 radical (unpaired) electrons. The molecule has 2 rings (SSSR count). The Morgan fingerprint density at radius 1 is 1.29 bits per heavy atom. The zero-order valence-electron chi connectivity index (χ0n) is 11.5. The molecule has 21 heavy (non-hydrogen) atoms. The van der Waals surface area contributed by atoms with Crippen LogP contribution in [0.15, 0.2) is 29.2 Å². The number of benzene rings is 1. The van der Waals surface area contributed by atoms with E-state index in [4.69, 9.17) is 5.11 Å². The van der Waals surface area contributed by atoms with Gasteiger partial charge in [-0.15, -0.1) is 0 Å². The molecule has 0 spiro atoms. The van der Waals surface area contributed by atoms with Crippen molar-refractivity contribution in [2.45, 2.75) is 19.8 Å². The van der Waals surface area contributed by atoms with Crippen LogP contribution in [0.1, 0.15) is 35.7 Å². The Balaban J connectivity index is 2.16. The molecule has 0 aromatic heterocycles. The van der Waals surface area contributed by atoms with Gasteiger partial charge in [-0.1, -0.05) is 25.5 Å². The smallest absolute Gasteiger partial charge is 0.335 e. The highest BCUT2D eigenvalue weighted by Crippen LogP contribution is 2.32. The second-order valence-electron chi connectivity index (χ2n) is 4.61. The summed E-state index contributed by atoms with van der Waals surface area (Å²) >= 11 is 0.920. The van der Waals surface area contributed by atoms with Crippen LogP contribution in [-0.4, -0.2) is 33.7 Å². The van der Waals surface area contributed by atoms with Gasteiger partial charge in [0.2, 0.25) is 0 Å². The third-order valence-electron chi connectivity index (χ3n) is 3.06. The first-order chi connectivity index (χ1) is 10.0. The molecule has 1 saturated heterocycles. The van der Waals surface area contributed by atoms with E-state index in [0.717, 1.165) is 24.6 Å². The lowest BCUT2D eigenvalue weighted by atomic mass is 10.1. The number of aromatic carboxylic acids is 1. The first-order valence-electron chi connectivity index (χ1n) is 6.61. The summed E-state index contributed by atoms with van der Waals surface area (Å²) in [7, 11) is 0. The molecule has 1 N–H and O–H groups in total. The topological polar surface area (TPSA) is 74.7 Å². The molecule has 1 aromatic carbocycles. The average Bonchev–Trinajstić information content (AvgIpc) is 2.72. The van der Waals surface area contributed by atoms with E-state index in [9.17, 15) is 14.4 Å². The van der Waals surface area contributed by atoms with Crippen LogP contribution in [0, 0.1) is 0 Å². The van der Waals surface area contributed by atoms with Crippen molar-refractivity contribution < 1.29 is 19.5 Å². The molecule has 1 fully saturated rings. The predicted octanol–water partition coefficient (Wildman–Crippen LogP) is 3.22. The second kappa shape index (κ2) is 6.58. The molecule has 110 valence electrons. The molecule has 1 heterocycles. The third kappa shape index (κ3) is 3.52. The number of carbonyl (C=O) groups is 3. The van der Waals surface area contributed by atoms with Crippen LogP contribution >= 0.6 is 11.8 Å². The van der Waals surface area contributed by atoms with Gasteiger partial charge in [0.15, 0.2) is 0 Å². The summed E-state index contributed by atoms with van der Waals surface area (Å²) in [5, 5.41) is 8.58. The molecule has 6 heteroatoms. The van der Waals surface area contributed by atoms with E-state index in [2.05, 4.69) is 0 Å². The number of hydrogen-bond donors (Lipinski definition) is 1. The lowest BCUT2D eigenvalue weighted by molar-refractivity contribution is -0.122. The van der Waals surface area contributed by atoms with Crippen molar-refractivity contribution in [2.75, 3.05) is 6.54 Å². The third-order valence-corrected chi connectivity index (χ3v) is 3.97. The maximum Gasteiger partial charge on any atom is 0.335 e. The number of unbranched alkanes of at least 4 members (excludes halogenated alkanes) is 1. The Morgan fingerprint density at radius 2 is 1.95 bits per heavy atom. The molecule has 5 nitrogen and oxygen atoms in total. The number of carboxylic acids is 1. The fourth-order valence-electron chi connectivity index (χ4n) is 1.88. The molecular formula is C15H15NO4S. The van der Waals surface area contributed by atoms with Gasteiger partial charge in [-0.25, -0.2) is 4.79 Å². The normalized spacial score (nSPS) is 16.8. The molecule has 1 aliphatic rings. The van der Waals surface area contributed by atoms with Gasteiger partial charge in [-0.3, -0.25) is 14.5 Å². The number of hydrogen-bond acceptors (Lipinski definition) is 4. The largest absolute Gasteiger partial charge is 0.478 e. The number of carbonyl (C=O) groups excluding carboxylic acids is 2. The van der Waals surface area contributed by atoms with E-state index in [1.807, 2.05) is 6.92 Å². The van der Waals surface area contributed by atoms with E-state index in [-0.39, 0.29) is 16.7 Å². The SMILES string of the molecule is CCCCN1C(=O)S/C(=C\c2ccc(C(=O)O)cc2)C1=O. The summed E-state index contributed by atoms with van der Waals surface area (Å²) in [4.78, 5) is 36.3. The van der Waals surface area contributed by atoms with Crippen LogP contribution < -0.4 is 0 Å². The van der Waals surface area contributed by atoms with Gasteiger partial charge in [-0.2, -0.15) is 0 Å². The zero-order valence-corrected chi connectivity index (χ0v) is 12.4. The summed E-state index contributed by atoms with van der Waals surface area (Å²) < 4.78 is 0. The van der Waals surface area contributed by atoms with Crippen LogP contribution in [0.2, 0.25) is 0 Å². The van der Waals surface area contributed by atoms with E-state index in [0.29, 0.717) is 17.0 Å². The van der Waals surface area contributed by atoms with Crippen molar-refractivity contribution in [3.63, 3.8) is 0 Å². The summed E-state index contributed by atoms with van der Waals surface area (Å²) in [6.45, 7) is 2.44. The molecule has 1 aliphatic heterocycles. The fourth-order valence-corrected chi connectivity index (χ4v) is 2.75. The molecule has 0 saturated carbocycles. The first kappa shape index (κ1) is 15.3. The highest BCUT2D eigenvalue weighted by Gasteiger charge is 2.34. The molecule has 0 aliphatic carbocycles. The Morgan fingerprint density at radius 3 is 2.52 bits per heavy atom. The van der Waals surface area contributed by atoms with Gasteiger partial charge in [0, 0.05) is 6.54 Å². The van der Waals surface area contributed by atoms with Gasteiger partial charge < -0.3 is 5.11 Å².